The summed E-state index contributed by atoms with van der Waals surface area (Å²) < 4.78 is 18.9. The summed E-state index contributed by atoms with van der Waals surface area (Å²) in [7, 11) is 0. The van der Waals surface area contributed by atoms with Gasteiger partial charge >= 0.3 is 0 Å². The summed E-state index contributed by atoms with van der Waals surface area (Å²) in [6.45, 7) is 8.17. The van der Waals surface area contributed by atoms with Crippen LogP contribution in [0.5, 0.6) is 11.5 Å². The molecule has 2 aromatic heterocycles. The fraction of sp³-hybridized carbons (Fsp3) is 0.444. The summed E-state index contributed by atoms with van der Waals surface area (Å²) in [5.41, 5.74) is 1.40. The van der Waals surface area contributed by atoms with Gasteiger partial charge < -0.3 is 24.3 Å². The number of aromatic nitrogens is 2. The van der Waals surface area contributed by atoms with Gasteiger partial charge in [0, 0.05) is 38.7 Å². The summed E-state index contributed by atoms with van der Waals surface area (Å²) in [6.07, 6.45) is 3.63. The number of allylic oxidation sites excluding steroid dienone is 1. The number of aliphatic hydroxyl groups is 1. The van der Waals surface area contributed by atoms with Crippen molar-refractivity contribution in [3.8, 4) is 17.4 Å². The molecular weight excluding hydrogens is 370 g/mol. The molecule has 0 amide bonds. The lowest BCUT2D eigenvalue weighted by Gasteiger charge is -2.18. The predicted octanol–water partition coefficient (Wildman–Crippen LogP) is 2.54. The first-order valence-corrected chi connectivity index (χ1v) is 8.96. The van der Waals surface area contributed by atoms with Crippen LogP contribution in [-0.4, -0.2) is 27.0 Å². The van der Waals surface area contributed by atoms with Crippen LogP contribution in [0.2, 0.25) is 0 Å². The molecule has 0 atom stereocenters. The van der Waals surface area contributed by atoms with Crippen molar-refractivity contribution in [2.45, 2.75) is 46.6 Å². The molecule has 2 aromatic rings. The molecule has 0 saturated heterocycles. The van der Waals surface area contributed by atoms with Crippen molar-refractivity contribution in [1.82, 2.24) is 14.9 Å². The Morgan fingerprint density at radius 3 is 2.74 bits per heavy atom. The van der Waals surface area contributed by atoms with Crippen LogP contribution in [0.1, 0.15) is 39.0 Å². The summed E-state index contributed by atoms with van der Waals surface area (Å²) in [5, 5.41) is 12.7. The molecule has 0 aliphatic carbocycles. The minimum Gasteiger partial charge on any atom is -0.445 e. The number of hydrogen-bond donors (Lipinski definition) is 3. The SMILES string of the molecule is CC(C)=CCNCc1cn(-c2oc(CO)c3c2OC(C)(C)O3)c(=S)[nH]c1=O. The first kappa shape index (κ1) is 19.4. The minimum absolute atomic E-state index is 0.155. The predicted molar refractivity (Wildman–Crippen MR) is 102 cm³/mol. The van der Waals surface area contributed by atoms with Gasteiger partial charge in [0.05, 0.1) is 0 Å². The lowest BCUT2D eigenvalue weighted by molar-refractivity contribution is -0.0474. The van der Waals surface area contributed by atoms with Crippen LogP contribution in [0, 0.1) is 4.77 Å². The van der Waals surface area contributed by atoms with Crippen LogP contribution >= 0.6 is 12.2 Å². The molecule has 146 valence electrons. The number of nitrogens with one attached hydrogen (secondary N) is 2. The van der Waals surface area contributed by atoms with E-state index in [1.165, 1.54) is 10.1 Å². The first-order chi connectivity index (χ1) is 12.7. The van der Waals surface area contributed by atoms with E-state index in [0.717, 1.165) is 0 Å². The molecule has 0 unspecified atom stereocenters. The van der Waals surface area contributed by atoms with Crippen molar-refractivity contribution >= 4 is 12.2 Å². The highest BCUT2D eigenvalue weighted by Crippen LogP contribution is 2.48. The molecule has 0 radical (unpaired) electrons. The third kappa shape index (κ3) is 4.00. The van der Waals surface area contributed by atoms with Gasteiger partial charge in [0.25, 0.3) is 11.4 Å². The number of fused-ring (bicyclic) bond motifs is 1. The summed E-state index contributed by atoms with van der Waals surface area (Å²) in [6, 6.07) is 0. The van der Waals surface area contributed by atoms with E-state index >= 15 is 0 Å². The van der Waals surface area contributed by atoms with Crippen LogP contribution in [0.3, 0.4) is 0 Å². The number of aromatic amines is 1. The van der Waals surface area contributed by atoms with Crippen LogP contribution in [0.15, 0.2) is 27.1 Å². The smallest absolute Gasteiger partial charge is 0.256 e. The maximum atomic E-state index is 12.2. The number of hydrogen-bond acceptors (Lipinski definition) is 7. The number of ether oxygens (including phenoxy) is 2. The Balaban J connectivity index is 1.99. The number of furan rings is 1. The Morgan fingerprint density at radius 2 is 2.07 bits per heavy atom. The van der Waals surface area contributed by atoms with Crippen LogP contribution in [0.25, 0.3) is 5.88 Å². The molecule has 3 N–H and O–H groups in total. The Kier molecular flexibility index (Phi) is 5.27. The Bertz CT molecular complexity index is 995. The lowest BCUT2D eigenvalue weighted by Crippen LogP contribution is -2.30. The van der Waals surface area contributed by atoms with E-state index in [-0.39, 0.29) is 28.6 Å². The highest BCUT2D eigenvalue weighted by Gasteiger charge is 2.40. The average molecular weight is 393 g/mol. The van der Waals surface area contributed by atoms with E-state index in [0.29, 0.717) is 30.2 Å². The average Bonchev–Trinajstić information content (AvgIpc) is 3.06. The van der Waals surface area contributed by atoms with Gasteiger partial charge in [-0.15, -0.1) is 0 Å². The number of H-pyrrole nitrogens is 1. The van der Waals surface area contributed by atoms with Gasteiger partial charge in [-0.25, -0.2) is 0 Å². The molecule has 0 fully saturated rings. The highest BCUT2D eigenvalue weighted by molar-refractivity contribution is 7.71. The molecule has 0 aromatic carbocycles. The van der Waals surface area contributed by atoms with E-state index in [4.69, 9.17) is 26.1 Å². The molecule has 1 aliphatic rings. The molecule has 0 spiro atoms. The van der Waals surface area contributed by atoms with Crippen molar-refractivity contribution in [3.63, 3.8) is 0 Å². The topological polar surface area (TPSA) is 102 Å². The van der Waals surface area contributed by atoms with E-state index in [2.05, 4.69) is 10.3 Å². The first-order valence-electron chi connectivity index (χ1n) is 8.55. The zero-order valence-electron chi connectivity index (χ0n) is 15.7. The lowest BCUT2D eigenvalue weighted by atomic mass is 10.3. The van der Waals surface area contributed by atoms with Gasteiger partial charge in [-0.1, -0.05) is 11.6 Å². The molecule has 27 heavy (non-hydrogen) atoms. The van der Waals surface area contributed by atoms with Crippen molar-refractivity contribution in [2.75, 3.05) is 6.54 Å². The van der Waals surface area contributed by atoms with Crippen LogP contribution in [0.4, 0.5) is 0 Å². The van der Waals surface area contributed by atoms with E-state index in [1.54, 1.807) is 20.0 Å². The van der Waals surface area contributed by atoms with E-state index in [9.17, 15) is 9.90 Å². The second-order valence-corrected chi connectivity index (χ2v) is 7.33. The second-order valence-electron chi connectivity index (χ2n) is 6.95. The van der Waals surface area contributed by atoms with Crippen LogP contribution < -0.4 is 20.3 Å². The van der Waals surface area contributed by atoms with Gasteiger partial charge in [-0.05, 0) is 26.1 Å². The van der Waals surface area contributed by atoms with Crippen molar-refractivity contribution in [2.24, 2.45) is 0 Å². The Morgan fingerprint density at radius 1 is 1.37 bits per heavy atom. The normalized spacial score (nSPS) is 14.4. The van der Waals surface area contributed by atoms with Gasteiger partial charge in [-0.3, -0.25) is 14.3 Å². The molecule has 0 bridgehead atoms. The fourth-order valence-electron chi connectivity index (χ4n) is 2.67. The number of rotatable bonds is 6. The molecule has 0 saturated carbocycles. The number of aliphatic hydroxyl groups excluding tert-OH is 1. The van der Waals surface area contributed by atoms with E-state index < -0.39 is 5.79 Å². The third-order valence-corrected chi connectivity index (χ3v) is 4.22. The van der Waals surface area contributed by atoms with Crippen molar-refractivity contribution < 1.29 is 19.0 Å². The largest absolute Gasteiger partial charge is 0.445 e. The quantitative estimate of drug-likeness (QED) is 0.394. The maximum Gasteiger partial charge on any atom is 0.256 e. The van der Waals surface area contributed by atoms with Gasteiger partial charge in [0.15, 0.2) is 10.5 Å². The Hall–Kier alpha value is -2.36. The molecular formula is C18H23N3O5S. The molecule has 3 heterocycles. The Labute approximate surface area is 161 Å². The summed E-state index contributed by atoms with van der Waals surface area (Å²) >= 11 is 5.28. The second kappa shape index (κ2) is 7.34. The zero-order valence-corrected chi connectivity index (χ0v) is 16.5. The highest BCUT2D eigenvalue weighted by atomic mass is 32.1. The fourth-order valence-corrected chi connectivity index (χ4v) is 2.90. The van der Waals surface area contributed by atoms with Crippen LogP contribution in [-0.2, 0) is 13.2 Å². The summed E-state index contributed by atoms with van der Waals surface area (Å²) in [4.78, 5) is 14.9. The standard InChI is InChI=1S/C18H23N3O5S/c1-10(2)5-6-19-7-11-8-21(17(27)20-15(11)23)16-14-13(12(9-22)24-16)25-18(3,4)26-14/h5,8,19,22H,6-7,9H2,1-4H3,(H,20,23,27). The van der Waals surface area contributed by atoms with Gasteiger partial charge in [0.1, 0.15) is 6.61 Å². The molecule has 3 rings (SSSR count). The third-order valence-electron chi connectivity index (χ3n) is 3.92. The van der Waals surface area contributed by atoms with E-state index in [1.807, 2.05) is 19.9 Å². The summed E-state index contributed by atoms with van der Waals surface area (Å²) in [5.74, 6) is 0.289. The molecule has 9 heteroatoms. The zero-order chi connectivity index (χ0) is 19.8. The maximum absolute atomic E-state index is 12.2. The monoisotopic (exact) mass is 393 g/mol. The number of nitrogens with zero attached hydrogens (tertiary/aromatic N) is 1. The molecule has 1 aliphatic heterocycles. The molecule has 8 nitrogen and oxygen atoms in total. The van der Waals surface area contributed by atoms with Crippen molar-refractivity contribution in [1.29, 1.82) is 0 Å². The minimum atomic E-state index is -0.890. The van der Waals surface area contributed by atoms with Gasteiger partial charge in [0.2, 0.25) is 17.3 Å². The van der Waals surface area contributed by atoms with Gasteiger partial charge in [-0.2, -0.15) is 0 Å². The van der Waals surface area contributed by atoms with Crippen molar-refractivity contribution in [3.05, 3.63) is 44.3 Å².